The van der Waals surface area contributed by atoms with Gasteiger partial charge in [-0.15, -0.1) is 0 Å². The topological polar surface area (TPSA) is 48.1 Å². The molecule has 4 nitrogen and oxygen atoms in total. The average Bonchev–Trinajstić information content (AvgIpc) is 2.43. The lowest BCUT2D eigenvalue weighted by atomic mass is 10.0. The van der Waals surface area contributed by atoms with E-state index in [1.165, 1.54) is 24.0 Å². The molecule has 1 atom stereocenters. The molecule has 0 saturated carbocycles. The monoisotopic (exact) mass is 366 g/mol. The zero-order valence-electron chi connectivity index (χ0n) is 15.3. The third-order valence-electron chi connectivity index (χ3n) is 3.57. The maximum atomic E-state index is 5.28. The van der Waals surface area contributed by atoms with Gasteiger partial charge in [0.2, 0.25) is 0 Å². The lowest BCUT2D eigenvalue weighted by molar-refractivity contribution is 0.492. The number of hydrogen-bond donors (Lipinski definition) is 4. The van der Waals surface area contributed by atoms with E-state index in [0.717, 1.165) is 18.0 Å². The molecule has 0 bridgehead atoms. The second-order valence-electron chi connectivity index (χ2n) is 6.78. The van der Waals surface area contributed by atoms with Crippen LogP contribution in [0.1, 0.15) is 51.2 Å². The van der Waals surface area contributed by atoms with Crippen LogP contribution < -0.4 is 21.5 Å². The SMILES string of the molecule is Cc1cc(C)cc(NC(=S)NNC(=S)N[C@H](C)CCCC(C)C)c1. The van der Waals surface area contributed by atoms with Gasteiger partial charge in [0, 0.05) is 11.7 Å². The minimum Gasteiger partial charge on any atom is -0.359 e. The zero-order chi connectivity index (χ0) is 18.1. The highest BCUT2D eigenvalue weighted by molar-refractivity contribution is 7.80. The second-order valence-corrected chi connectivity index (χ2v) is 7.60. The molecule has 134 valence electrons. The molecule has 4 N–H and O–H groups in total. The minimum absolute atomic E-state index is 0.339. The summed E-state index contributed by atoms with van der Waals surface area (Å²) in [4.78, 5) is 0. The van der Waals surface area contributed by atoms with Crippen LogP contribution in [0, 0.1) is 19.8 Å². The lowest BCUT2D eigenvalue weighted by Crippen LogP contribution is -2.50. The van der Waals surface area contributed by atoms with Crippen LogP contribution in [0.15, 0.2) is 18.2 Å². The van der Waals surface area contributed by atoms with E-state index in [4.69, 9.17) is 24.4 Å². The van der Waals surface area contributed by atoms with Crippen molar-refractivity contribution in [1.29, 1.82) is 0 Å². The molecule has 0 aromatic heterocycles. The fraction of sp³-hybridized carbons (Fsp3) is 0.556. The molecule has 0 aliphatic rings. The molecule has 0 saturated heterocycles. The van der Waals surface area contributed by atoms with Crippen molar-refractivity contribution < 1.29 is 0 Å². The summed E-state index contributed by atoms with van der Waals surface area (Å²) in [5.41, 5.74) is 9.20. The molecule has 1 aromatic rings. The molecule has 0 spiro atoms. The van der Waals surface area contributed by atoms with E-state index in [0.29, 0.717) is 16.3 Å². The summed E-state index contributed by atoms with van der Waals surface area (Å²) in [5.74, 6) is 0.748. The fourth-order valence-electron chi connectivity index (χ4n) is 2.49. The van der Waals surface area contributed by atoms with Gasteiger partial charge in [0.25, 0.3) is 0 Å². The van der Waals surface area contributed by atoms with E-state index >= 15 is 0 Å². The van der Waals surface area contributed by atoms with Crippen molar-refractivity contribution in [3.63, 3.8) is 0 Å². The van der Waals surface area contributed by atoms with Gasteiger partial charge in [0.15, 0.2) is 10.2 Å². The van der Waals surface area contributed by atoms with Crippen LogP contribution in [0.4, 0.5) is 5.69 Å². The lowest BCUT2D eigenvalue weighted by Gasteiger charge is -2.19. The molecular formula is C18H30N4S2. The van der Waals surface area contributed by atoms with Crippen LogP contribution in [0.5, 0.6) is 0 Å². The van der Waals surface area contributed by atoms with Gasteiger partial charge in [-0.05, 0) is 80.8 Å². The van der Waals surface area contributed by atoms with Crippen molar-refractivity contribution in [2.45, 2.75) is 59.9 Å². The van der Waals surface area contributed by atoms with E-state index in [1.807, 2.05) is 12.1 Å². The molecule has 0 radical (unpaired) electrons. The van der Waals surface area contributed by atoms with Gasteiger partial charge >= 0.3 is 0 Å². The first-order chi connectivity index (χ1) is 11.3. The molecule has 24 heavy (non-hydrogen) atoms. The van der Waals surface area contributed by atoms with Gasteiger partial charge in [0.05, 0.1) is 0 Å². The molecule has 0 fully saturated rings. The number of benzene rings is 1. The Hall–Kier alpha value is -1.40. The maximum absolute atomic E-state index is 5.28. The van der Waals surface area contributed by atoms with Crippen LogP contribution in [-0.4, -0.2) is 16.3 Å². The molecule has 0 amide bonds. The quantitative estimate of drug-likeness (QED) is 0.447. The molecule has 1 aromatic carbocycles. The van der Waals surface area contributed by atoms with Gasteiger partial charge in [-0.25, -0.2) is 0 Å². The molecule has 0 heterocycles. The highest BCUT2D eigenvalue weighted by atomic mass is 32.1. The summed E-state index contributed by atoms with van der Waals surface area (Å²) < 4.78 is 0. The molecular weight excluding hydrogens is 336 g/mol. The fourth-order valence-corrected chi connectivity index (χ4v) is 2.91. The van der Waals surface area contributed by atoms with Gasteiger partial charge in [0.1, 0.15) is 0 Å². The maximum Gasteiger partial charge on any atom is 0.189 e. The Morgan fingerprint density at radius 2 is 1.50 bits per heavy atom. The van der Waals surface area contributed by atoms with Crippen molar-refractivity contribution in [3.8, 4) is 0 Å². The van der Waals surface area contributed by atoms with E-state index < -0.39 is 0 Å². The highest BCUT2D eigenvalue weighted by Gasteiger charge is 2.05. The average molecular weight is 367 g/mol. The van der Waals surface area contributed by atoms with Gasteiger partial charge in [-0.1, -0.05) is 32.8 Å². The molecule has 0 aliphatic heterocycles. The number of aryl methyl sites for hydroxylation is 2. The largest absolute Gasteiger partial charge is 0.359 e. The van der Waals surface area contributed by atoms with E-state index in [2.05, 4.69) is 62.2 Å². The summed E-state index contributed by atoms with van der Waals surface area (Å²) in [6.45, 7) is 10.8. The van der Waals surface area contributed by atoms with E-state index in [9.17, 15) is 0 Å². The zero-order valence-corrected chi connectivity index (χ0v) is 17.0. The second kappa shape index (κ2) is 10.5. The van der Waals surface area contributed by atoms with Crippen molar-refractivity contribution >= 4 is 40.3 Å². The highest BCUT2D eigenvalue weighted by Crippen LogP contribution is 2.13. The van der Waals surface area contributed by atoms with Crippen LogP contribution in [0.3, 0.4) is 0 Å². The predicted molar refractivity (Wildman–Crippen MR) is 112 cm³/mol. The molecule has 6 heteroatoms. The van der Waals surface area contributed by atoms with Crippen LogP contribution in [0.2, 0.25) is 0 Å². The van der Waals surface area contributed by atoms with Crippen LogP contribution in [-0.2, 0) is 0 Å². The molecule has 0 unspecified atom stereocenters. The van der Waals surface area contributed by atoms with Crippen molar-refractivity contribution in [1.82, 2.24) is 16.2 Å². The Balaban J connectivity index is 2.29. The first-order valence-corrected chi connectivity index (χ1v) is 9.29. The van der Waals surface area contributed by atoms with E-state index in [1.54, 1.807) is 0 Å². The third-order valence-corrected chi connectivity index (χ3v) is 3.99. The van der Waals surface area contributed by atoms with Crippen LogP contribution >= 0.6 is 24.4 Å². The Kier molecular flexibility index (Phi) is 9.00. The van der Waals surface area contributed by atoms with Crippen molar-refractivity contribution in [3.05, 3.63) is 29.3 Å². The molecule has 0 aliphatic carbocycles. The third kappa shape index (κ3) is 9.03. The van der Waals surface area contributed by atoms with Gasteiger partial charge in [-0.2, -0.15) is 0 Å². The predicted octanol–water partition coefficient (Wildman–Crippen LogP) is 4.18. The van der Waals surface area contributed by atoms with Gasteiger partial charge in [-0.3, -0.25) is 10.9 Å². The summed E-state index contributed by atoms with van der Waals surface area (Å²) >= 11 is 10.6. The summed E-state index contributed by atoms with van der Waals surface area (Å²) in [7, 11) is 0. The van der Waals surface area contributed by atoms with Crippen molar-refractivity contribution in [2.75, 3.05) is 5.32 Å². The Morgan fingerprint density at radius 3 is 2.08 bits per heavy atom. The Labute approximate surface area is 157 Å². The smallest absolute Gasteiger partial charge is 0.189 e. The number of nitrogens with one attached hydrogen (secondary N) is 4. The number of anilines is 1. The van der Waals surface area contributed by atoms with Crippen molar-refractivity contribution in [2.24, 2.45) is 5.92 Å². The summed E-state index contributed by atoms with van der Waals surface area (Å²) in [5, 5.41) is 7.45. The Morgan fingerprint density at radius 1 is 0.917 bits per heavy atom. The van der Waals surface area contributed by atoms with Gasteiger partial charge < -0.3 is 10.6 Å². The van der Waals surface area contributed by atoms with E-state index in [-0.39, 0.29) is 0 Å². The molecule has 1 rings (SSSR count). The number of rotatable bonds is 6. The summed E-state index contributed by atoms with van der Waals surface area (Å²) in [6, 6.07) is 6.56. The Bertz CT molecular complexity index is 538. The number of hydrazine groups is 1. The van der Waals surface area contributed by atoms with Crippen LogP contribution in [0.25, 0.3) is 0 Å². The number of thiocarbonyl (C=S) groups is 2. The standard InChI is InChI=1S/C18H30N4S2/c1-12(2)7-6-8-15(5)19-17(23)21-22-18(24)20-16-10-13(3)9-14(4)11-16/h9-12,15H,6-8H2,1-5H3,(H2,19,21,23)(H2,20,22,24)/t15-/m1/s1. The minimum atomic E-state index is 0.339. The normalized spacial score (nSPS) is 11.8. The number of hydrogen-bond acceptors (Lipinski definition) is 2. The first-order valence-electron chi connectivity index (χ1n) is 8.48. The first kappa shape index (κ1) is 20.6. The summed E-state index contributed by atoms with van der Waals surface area (Å²) in [6.07, 6.45) is 3.55.